The van der Waals surface area contributed by atoms with E-state index in [1.54, 1.807) is 0 Å². The molecule has 0 amide bonds. The Morgan fingerprint density at radius 1 is 1.15 bits per heavy atom. The van der Waals surface area contributed by atoms with Crippen LogP contribution in [0.15, 0.2) is 24.3 Å². The van der Waals surface area contributed by atoms with Crippen molar-refractivity contribution in [2.45, 2.75) is 19.8 Å². The third-order valence-electron chi connectivity index (χ3n) is 4.39. The van der Waals surface area contributed by atoms with Gasteiger partial charge in [0.25, 0.3) is 0 Å². The van der Waals surface area contributed by atoms with E-state index in [-0.39, 0.29) is 0 Å². The molecule has 3 heteroatoms. The summed E-state index contributed by atoms with van der Waals surface area (Å²) in [6, 6.07) is 8.88. The average molecular weight is 271 g/mol. The van der Waals surface area contributed by atoms with Crippen LogP contribution < -0.4 is 0 Å². The van der Waals surface area contributed by atoms with Crippen LogP contribution in [-0.2, 0) is 6.42 Å². The number of nitrogens with one attached hydrogen (secondary N) is 1. The Hall–Kier alpha value is -1.32. The lowest BCUT2D eigenvalue weighted by atomic mass is 10.1. The zero-order valence-electron chi connectivity index (χ0n) is 12.7. The van der Waals surface area contributed by atoms with Crippen molar-refractivity contribution in [3.8, 4) is 0 Å². The van der Waals surface area contributed by atoms with Crippen LogP contribution in [0.2, 0.25) is 0 Å². The molecule has 1 aliphatic heterocycles. The first-order valence-electron chi connectivity index (χ1n) is 7.70. The number of aromatic amines is 1. The third-order valence-corrected chi connectivity index (χ3v) is 4.39. The number of benzene rings is 1. The molecule has 108 valence electrons. The molecule has 1 aromatic carbocycles. The highest BCUT2D eigenvalue weighted by molar-refractivity contribution is 5.83. The molecular formula is C17H25N3. The number of nitrogens with zero attached hydrogens (tertiary/aromatic N) is 2. The Balaban J connectivity index is 1.57. The third kappa shape index (κ3) is 3.05. The van der Waals surface area contributed by atoms with Gasteiger partial charge in [0.05, 0.1) is 0 Å². The van der Waals surface area contributed by atoms with Crippen LogP contribution in [0.3, 0.4) is 0 Å². The van der Waals surface area contributed by atoms with Crippen LogP contribution in [0.1, 0.15) is 17.7 Å². The van der Waals surface area contributed by atoms with Crippen LogP contribution >= 0.6 is 0 Å². The maximum atomic E-state index is 3.50. The smallest absolute Gasteiger partial charge is 0.0488 e. The zero-order valence-corrected chi connectivity index (χ0v) is 12.7. The molecule has 3 nitrogen and oxygen atoms in total. The van der Waals surface area contributed by atoms with Gasteiger partial charge in [-0.3, -0.25) is 0 Å². The molecule has 3 rings (SSSR count). The predicted octanol–water partition coefficient (Wildman–Crippen LogP) is 2.66. The van der Waals surface area contributed by atoms with Gasteiger partial charge in [-0.1, -0.05) is 18.2 Å². The maximum Gasteiger partial charge on any atom is 0.0488 e. The van der Waals surface area contributed by atoms with E-state index in [2.05, 4.69) is 53.0 Å². The molecule has 1 fully saturated rings. The van der Waals surface area contributed by atoms with Crippen molar-refractivity contribution >= 4 is 10.9 Å². The van der Waals surface area contributed by atoms with E-state index in [9.17, 15) is 0 Å². The summed E-state index contributed by atoms with van der Waals surface area (Å²) in [6.45, 7) is 8.24. The Kier molecular flexibility index (Phi) is 4.08. The van der Waals surface area contributed by atoms with Gasteiger partial charge >= 0.3 is 0 Å². The van der Waals surface area contributed by atoms with Crippen LogP contribution in [0, 0.1) is 6.92 Å². The molecule has 1 saturated heterocycles. The molecule has 0 radical (unpaired) electrons. The van der Waals surface area contributed by atoms with Gasteiger partial charge in [0, 0.05) is 37.4 Å². The van der Waals surface area contributed by atoms with Crippen molar-refractivity contribution in [3.63, 3.8) is 0 Å². The number of para-hydroxylation sites is 1. The molecular weight excluding hydrogens is 246 g/mol. The van der Waals surface area contributed by atoms with Gasteiger partial charge in [-0.2, -0.15) is 0 Å². The van der Waals surface area contributed by atoms with Gasteiger partial charge in [0.15, 0.2) is 0 Å². The van der Waals surface area contributed by atoms with E-state index in [0.717, 1.165) is 0 Å². The first-order valence-corrected chi connectivity index (χ1v) is 7.70. The topological polar surface area (TPSA) is 22.3 Å². The summed E-state index contributed by atoms with van der Waals surface area (Å²) in [6.07, 6.45) is 2.42. The lowest BCUT2D eigenvalue weighted by Gasteiger charge is -2.32. The van der Waals surface area contributed by atoms with Crippen LogP contribution in [-0.4, -0.2) is 54.6 Å². The summed E-state index contributed by atoms with van der Waals surface area (Å²) >= 11 is 0. The fraction of sp³-hybridized carbons (Fsp3) is 0.529. The molecule has 0 aliphatic carbocycles. The zero-order chi connectivity index (χ0) is 13.9. The summed E-state index contributed by atoms with van der Waals surface area (Å²) in [5, 5.41) is 1.35. The number of aryl methyl sites for hydroxylation is 2. The minimum absolute atomic E-state index is 1.17. The fourth-order valence-corrected chi connectivity index (χ4v) is 3.13. The Morgan fingerprint density at radius 2 is 1.95 bits per heavy atom. The molecule has 2 heterocycles. The van der Waals surface area contributed by atoms with Gasteiger partial charge in [-0.25, -0.2) is 0 Å². The van der Waals surface area contributed by atoms with Crippen LogP contribution in [0.4, 0.5) is 0 Å². The van der Waals surface area contributed by atoms with Crippen molar-refractivity contribution < 1.29 is 0 Å². The maximum absolute atomic E-state index is 3.50. The summed E-state index contributed by atoms with van der Waals surface area (Å²) in [5.74, 6) is 0. The summed E-state index contributed by atoms with van der Waals surface area (Å²) in [4.78, 5) is 8.51. The summed E-state index contributed by atoms with van der Waals surface area (Å²) in [5.41, 5.74) is 4.06. The van der Waals surface area contributed by atoms with E-state index in [1.807, 2.05) is 0 Å². The quantitative estimate of drug-likeness (QED) is 0.923. The standard InChI is InChI=1S/C17H25N3/c1-14-13-16-6-3-5-15(17(16)18-14)7-4-8-20-11-9-19(2)10-12-20/h3,5-6,13,18H,4,7-12H2,1-2H3. The average Bonchev–Trinajstić information content (AvgIpc) is 2.82. The highest BCUT2D eigenvalue weighted by Crippen LogP contribution is 2.20. The van der Waals surface area contributed by atoms with E-state index >= 15 is 0 Å². The molecule has 1 aliphatic rings. The van der Waals surface area contributed by atoms with Gasteiger partial charge in [-0.15, -0.1) is 0 Å². The number of hydrogen-bond acceptors (Lipinski definition) is 2. The number of piperazine rings is 1. The minimum atomic E-state index is 1.17. The Bertz CT molecular complexity index is 565. The second kappa shape index (κ2) is 5.98. The number of likely N-dealkylation sites (N-methyl/N-ethyl adjacent to an activating group) is 1. The van der Waals surface area contributed by atoms with Crippen molar-refractivity contribution in [2.75, 3.05) is 39.8 Å². The van der Waals surface area contributed by atoms with E-state index < -0.39 is 0 Å². The Morgan fingerprint density at radius 3 is 2.75 bits per heavy atom. The van der Waals surface area contributed by atoms with Crippen LogP contribution in [0.25, 0.3) is 10.9 Å². The molecule has 0 spiro atoms. The molecule has 0 saturated carbocycles. The molecule has 1 aromatic heterocycles. The van der Waals surface area contributed by atoms with Crippen molar-refractivity contribution in [1.29, 1.82) is 0 Å². The van der Waals surface area contributed by atoms with E-state index in [0.29, 0.717) is 0 Å². The van der Waals surface area contributed by atoms with Gasteiger partial charge in [0.1, 0.15) is 0 Å². The largest absolute Gasteiger partial charge is 0.358 e. The number of H-pyrrole nitrogens is 1. The van der Waals surface area contributed by atoms with Gasteiger partial charge < -0.3 is 14.8 Å². The Labute approximate surface area is 121 Å². The number of rotatable bonds is 4. The van der Waals surface area contributed by atoms with Crippen LogP contribution in [0.5, 0.6) is 0 Å². The van der Waals surface area contributed by atoms with E-state index in [4.69, 9.17) is 0 Å². The molecule has 2 aromatic rings. The first kappa shape index (κ1) is 13.7. The SMILES string of the molecule is Cc1cc2cccc(CCCN3CCN(C)CC3)c2[nH]1. The number of aromatic nitrogens is 1. The molecule has 1 N–H and O–H groups in total. The lowest BCUT2D eigenvalue weighted by Crippen LogP contribution is -2.44. The highest BCUT2D eigenvalue weighted by Gasteiger charge is 2.13. The van der Waals surface area contributed by atoms with Gasteiger partial charge in [-0.05, 0) is 50.4 Å². The highest BCUT2D eigenvalue weighted by atomic mass is 15.2. The van der Waals surface area contributed by atoms with Gasteiger partial charge in [0.2, 0.25) is 0 Å². The molecule has 0 bridgehead atoms. The summed E-state index contributed by atoms with van der Waals surface area (Å²) < 4.78 is 0. The van der Waals surface area contributed by atoms with Crippen molar-refractivity contribution in [2.24, 2.45) is 0 Å². The fourth-order valence-electron chi connectivity index (χ4n) is 3.13. The summed E-state index contributed by atoms with van der Waals surface area (Å²) in [7, 11) is 2.21. The first-order chi connectivity index (χ1) is 9.72. The molecule has 20 heavy (non-hydrogen) atoms. The second-order valence-electron chi connectivity index (χ2n) is 6.08. The number of hydrogen-bond donors (Lipinski definition) is 1. The second-order valence-corrected chi connectivity index (χ2v) is 6.08. The van der Waals surface area contributed by atoms with Crippen molar-refractivity contribution in [3.05, 3.63) is 35.5 Å². The monoisotopic (exact) mass is 271 g/mol. The normalized spacial score (nSPS) is 17.9. The molecule has 0 unspecified atom stereocenters. The molecule has 0 atom stereocenters. The van der Waals surface area contributed by atoms with Crippen molar-refractivity contribution in [1.82, 2.24) is 14.8 Å². The predicted molar refractivity (Wildman–Crippen MR) is 85.3 cm³/mol. The minimum Gasteiger partial charge on any atom is -0.358 e. The van der Waals surface area contributed by atoms with E-state index in [1.165, 1.54) is 67.7 Å². The lowest BCUT2D eigenvalue weighted by molar-refractivity contribution is 0.153. The number of fused-ring (bicyclic) bond motifs is 1.